The van der Waals surface area contributed by atoms with Crippen molar-refractivity contribution in [3.8, 4) is 0 Å². The van der Waals surface area contributed by atoms with E-state index in [0.717, 1.165) is 19.6 Å². The summed E-state index contributed by atoms with van der Waals surface area (Å²) in [5, 5.41) is 3.73. The number of hydrogen-bond donors (Lipinski definition) is 1. The fourth-order valence-electron chi connectivity index (χ4n) is 3.07. The van der Waals surface area contributed by atoms with Crippen molar-refractivity contribution in [2.45, 2.75) is 58.4 Å². The third kappa shape index (κ3) is 3.17. The third-order valence-corrected chi connectivity index (χ3v) is 4.83. The van der Waals surface area contributed by atoms with Crippen molar-refractivity contribution in [3.63, 3.8) is 0 Å². The molecule has 0 amide bonds. The van der Waals surface area contributed by atoms with Gasteiger partial charge in [0.1, 0.15) is 0 Å². The lowest BCUT2D eigenvalue weighted by molar-refractivity contribution is 0.277. The van der Waals surface area contributed by atoms with Gasteiger partial charge in [-0.25, -0.2) is 0 Å². The summed E-state index contributed by atoms with van der Waals surface area (Å²) < 4.78 is 0. The molecule has 2 heteroatoms. The van der Waals surface area contributed by atoms with Gasteiger partial charge in [-0.2, -0.15) is 0 Å². The summed E-state index contributed by atoms with van der Waals surface area (Å²) in [6.45, 7) is 14.7. The summed E-state index contributed by atoms with van der Waals surface area (Å²) in [5.74, 6) is 0. The van der Waals surface area contributed by atoms with E-state index < -0.39 is 0 Å². The first-order chi connectivity index (χ1) is 9.40. The summed E-state index contributed by atoms with van der Waals surface area (Å²) in [7, 11) is 0. The molecule has 0 bridgehead atoms. The van der Waals surface area contributed by atoms with Crippen molar-refractivity contribution in [2.75, 3.05) is 24.5 Å². The molecule has 0 saturated carbocycles. The van der Waals surface area contributed by atoms with E-state index in [4.69, 9.17) is 0 Å². The van der Waals surface area contributed by atoms with Crippen molar-refractivity contribution in [1.82, 2.24) is 5.32 Å². The third-order valence-electron chi connectivity index (χ3n) is 4.83. The number of nitrogens with one attached hydrogen (secondary N) is 1. The molecular formula is C18H30N2. The van der Waals surface area contributed by atoms with Gasteiger partial charge in [-0.1, -0.05) is 46.8 Å². The highest BCUT2D eigenvalue weighted by molar-refractivity contribution is 5.49. The molecular weight excluding hydrogens is 244 g/mol. The molecule has 0 aliphatic carbocycles. The topological polar surface area (TPSA) is 15.3 Å². The molecule has 20 heavy (non-hydrogen) atoms. The van der Waals surface area contributed by atoms with Crippen molar-refractivity contribution < 1.29 is 0 Å². The van der Waals surface area contributed by atoms with Gasteiger partial charge < -0.3 is 10.2 Å². The summed E-state index contributed by atoms with van der Waals surface area (Å²) >= 11 is 0. The predicted molar refractivity (Wildman–Crippen MR) is 88.7 cm³/mol. The smallest absolute Gasteiger partial charge is 0.0367 e. The number of anilines is 1. The molecule has 2 rings (SSSR count). The minimum Gasteiger partial charge on any atom is -0.368 e. The van der Waals surface area contributed by atoms with Crippen LogP contribution >= 0.6 is 0 Å². The Labute approximate surface area is 124 Å². The molecule has 0 aromatic heterocycles. The van der Waals surface area contributed by atoms with Crippen LogP contribution in [0.15, 0.2) is 24.3 Å². The zero-order valence-corrected chi connectivity index (χ0v) is 13.8. The van der Waals surface area contributed by atoms with Crippen LogP contribution in [-0.4, -0.2) is 25.2 Å². The first-order valence-corrected chi connectivity index (χ1v) is 8.01. The van der Waals surface area contributed by atoms with E-state index in [1.165, 1.54) is 24.1 Å². The lowest BCUT2D eigenvalue weighted by atomic mass is 9.86. The first kappa shape index (κ1) is 15.4. The van der Waals surface area contributed by atoms with E-state index in [1.807, 2.05) is 0 Å². The molecule has 1 aromatic carbocycles. The predicted octanol–water partition coefficient (Wildman–Crippen LogP) is 3.95. The zero-order chi connectivity index (χ0) is 14.8. The van der Waals surface area contributed by atoms with Crippen LogP contribution in [0.5, 0.6) is 0 Å². The van der Waals surface area contributed by atoms with Crippen LogP contribution in [0.4, 0.5) is 5.69 Å². The Kier molecular flexibility index (Phi) is 4.43. The van der Waals surface area contributed by atoms with Crippen LogP contribution in [0.2, 0.25) is 0 Å². The molecule has 0 spiro atoms. The SMILES string of the molecule is CCC1(CC)CN(c2ccc(C(C)(C)C)cc2)CCN1. The van der Waals surface area contributed by atoms with Crippen molar-refractivity contribution in [1.29, 1.82) is 0 Å². The Morgan fingerprint density at radius 1 is 1.10 bits per heavy atom. The average molecular weight is 274 g/mol. The number of piperazine rings is 1. The first-order valence-electron chi connectivity index (χ1n) is 8.01. The highest BCUT2D eigenvalue weighted by atomic mass is 15.2. The maximum atomic E-state index is 3.73. The fraction of sp³-hybridized carbons (Fsp3) is 0.667. The number of rotatable bonds is 3. The number of benzene rings is 1. The summed E-state index contributed by atoms with van der Waals surface area (Å²) in [5.41, 5.74) is 3.30. The van der Waals surface area contributed by atoms with Gasteiger partial charge in [0.05, 0.1) is 0 Å². The van der Waals surface area contributed by atoms with Gasteiger partial charge in [-0.3, -0.25) is 0 Å². The molecule has 1 heterocycles. The molecule has 0 radical (unpaired) electrons. The molecule has 1 saturated heterocycles. The molecule has 1 aliphatic rings. The molecule has 1 aliphatic heterocycles. The van der Waals surface area contributed by atoms with Gasteiger partial charge in [-0.05, 0) is 36.0 Å². The van der Waals surface area contributed by atoms with E-state index in [0.29, 0.717) is 5.54 Å². The normalized spacial score (nSPS) is 19.1. The summed E-state index contributed by atoms with van der Waals surface area (Å²) in [6, 6.07) is 9.16. The van der Waals surface area contributed by atoms with E-state index in [-0.39, 0.29) is 5.41 Å². The average Bonchev–Trinajstić information content (AvgIpc) is 2.46. The second kappa shape index (κ2) is 5.77. The zero-order valence-electron chi connectivity index (χ0n) is 13.8. The maximum Gasteiger partial charge on any atom is 0.0367 e. The highest BCUT2D eigenvalue weighted by Crippen LogP contribution is 2.28. The Bertz CT molecular complexity index is 424. The number of hydrogen-bond acceptors (Lipinski definition) is 2. The van der Waals surface area contributed by atoms with Crippen LogP contribution in [0, 0.1) is 0 Å². The molecule has 1 N–H and O–H groups in total. The Morgan fingerprint density at radius 2 is 1.70 bits per heavy atom. The van der Waals surface area contributed by atoms with Crippen LogP contribution in [-0.2, 0) is 5.41 Å². The number of nitrogens with zero attached hydrogens (tertiary/aromatic N) is 1. The second-order valence-electron chi connectivity index (χ2n) is 7.13. The Hall–Kier alpha value is -1.02. The van der Waals surface area contributed by atoms with Crippen molar-refractivity contribution >= 4 is 5.69 Å². The molecule has 1 fully saturated rings. The molecule has 2 nitrogen and oxygen atoms in total. The van der Waals surface area contributed by atoms with Gasteiger partial charge in [0, 0.05) is 30.9 Å². The largest absolute Gasteiger partial charge is 0.368 e. The van der Waals surface area contributed by atoms with Crippen LogP contribution in [0.3, 0.4) is 0 Å². The monoisotopic (exact) mass is 274 g/mol. The summed E-state index contributed by atoms with van der Waals surface area (Å²) in [4.78, 5) is 2.54. The van der Waals surface area contributed by atoms with Gasteiger partial charge >= 0.3 is 0 Å². The van der Waals surface area contributed by atoms with Gasteiger partial charge in [-0.15, -0.1) is 0 Å². The maximum absolute atomic E-state index is 3.73. The minimum absolute atomic E-state index is 0.235. The summed E-state index contributed by atoms with van der Waals surface area (Å²) in [6.07, 6.45) is 2.39. The lowest BCUT2D eigenvalue weighted by Crippen LogP contribution is -2.60. The van der Waals surface area contributed by atoms with Gasteiger partial charge in [0.2, 0.25) is 0 Å². The molecule has 0 unspecified atom stereocenters. The highest BCUT2D eigenvalue weighted by Gasteiger charge is 2.31. The molecule has 0 atom stereocenters. The molecule has 1 aromatic rings. The minimum atomic E-state index is 0.235. The van der Waals surface area contributed by atoms with Crippen molar-refractivity contribution in [3.05, 3.63) is 29.8 Å². The lowest BCUT2D eigenvalue weighted by Gasteiger charge is -2.44. The van der Waals surface area contributed by atoms with Gasteiger partial charge in [0.15, 0.2) is 0 Å². The van der Waals surface area contributed by atoms with Gasteiger partial charge in [0.25, 0.3) is 0 Å². The quantitative estimate of drug-likeness (QED) is 0.897. The second-order valence-corrected chi connectivity index (χ2v) is 7.13. The Balaban J connectivity index is 2.15. The standard InChI is InChI=1S/C18H30N2/c1-6-18(7-2)14-20(13-12-19-18)16-10-8-15(9-11-16)17(3,4)5/h8-11,19H,6-7,12-14H2,1-5H3. The van der Waals surface area contributed by atoms with Crippen molar-refractivity contribution in [2.24, 2.45) is 0 Å². The fourth-order valence-corrected chi connectivity index (χ4v) is 3.07. The Morgan fingerprint density at radius 3 is 2.20 bits per heavy atom. The van der Waals surface area contributed by atoms with E-state index >= 15 is 0 Å². The van der Waals surface area contributed by atoms with Crippen LogP contribution in [0.25, 0.3) is 0 Å². The van der Waals surface area contributed by atoms with E-state index in [9.17, 15) is 0 Å². The van der Waals surface area contributed by atoms with Crippen LogP contribution in [0.1, 0.15) is 53.0 Å². The van der Waals surface area contributed by atoms with Crippen LogP contribution < -0.4 is 10.2 Å². The van der Waals surface area contributed by atoms with E-state index in [1.54, 1.807) is 0 Å². The van der Waals surface area contributed by atoms with E-state index in [2.05, 4.69) is 69.1 Å². The molecule has 112 valence electrons.